The average molecular weight is 234 g/mol. The Morgan fingerprint density at radius 3 is 2.71 bits per heavy atom. The van der Waals surface area contributed by atoms with E-state index in [4.69, 9.17) is 10.1 Å². The Kier molecular flexibility index (Phi) is 2.83. The van der Waals surface area contributed by atoms with Crippen molar-refractivity contribution in [1.82, 2.24) is 5.32 Å². The molecule has 1 aromatic rings. The third-order valence-electron chi connectivity index (χ3n) is 3.03. The summed E-state index contributed by atoms with van der Waals surface area (Å²) >= 11 is 0. The van der Waals surface area contributed by atoms with Crippen LogP contribution in [0.5, 0.6) is 5.75 Å². The number of amidine groups is 1. The molecule has 1 aliphatic heterocycles. The maximum Gasteiger partial charge on any atom is 0.132 e. The first-order valence-electron chi connectivity index (χ1n) is 5.69. The zero-order chi connectivity index (χ0) is 12.6. The smallest absolute Gasteiger partial charge is 0.132 e. The van der Waals surface area contributed by atoms with Gasteiger partial charge in [0.2, 0.25) is 0 Å². The first-order chi connectivity index (χ1) is 7.92. The van der Waals surface area contributed by atoms with Crippen molar-refractivity contribution in [3.05, 3.63) is 29.8 Å². The molecule has 0 spiro atoms. The van der Waals surface area contributed by atoms with Gasteiger partial charge in [-0.15, -0.1) is 0 Å². The summed E-state index contributed by atoms with van der Waals surface area (Å²) in [4.78, 5) is 0. The van der Waals surface area contributed by atoms with Crippen LogP contribution in [-0.2, 0) is 0 Å². The molecule has 0 bridgehead atoms. The van der Waals surface area contributed by atoms with E-state index in [1.54, 1.807) is 6.92 Å². The van der Waals surface area contributed by atoms with Crippen LogP contribution in [0.25, 0.3) is 0 Å². The van der Waals surface area contributed by atoms with E-state index in [9.17, 15) is 5.11 Å². The zero-order valence-electron chi connectivity index (χ0n) is 10.3. The minimum absolute atomic E-state index is 0.299. The normalized spacial score (nSPS) is 25.6. The topological polar surface area (TPSA) is 65.3 Å². The number of hydrogen-bond donors (Lipinski definition) is 3. The predicted octanol–water partition coefficient (Wildman–Crippen LogP) is 1.85. The SMILES string of the molecule is CC(=N)NC1c2ccccc2OC(C)(C)C1O. The lowest BCUT2D eigenvalue weighted by Gasteiger charge is -2.42. The molecule has 1 aromatic carbocycles. The maximum atomic E-state index is 10.3. The monoisotopic (exact) mass is 234 g/mol. The molecule has 92 valence electrons. The second-order valence-electron chi connectivity index (χ2n) is 4.94. The fraction of sp³-hybridized carbons (Fsp3) is 0.462. The van der Waals surface area contributed by atoms with E-state index in [-0.39, 0.29) is 6.04 Å². The van der Waals surface area contributed by atoms with Crippen LogP contribution in [0.4, 0.5) is 0 Å². The summed E-state index contributed by atoms with van der Waals surface area (Å²) in [6.45, 7) is 5.36. The maximum absolute atomic E-state index is 10.3. The molecular formula is C13H18N2O2. The molecule has 0 aliphatic carbocycles. The van der Waals surface area contributed by atoms with Gasteiger partial charge in [-0.1, -0.05) is 18.2 Å². The van der Waals surface area contributed by atoms with Gasteiger partial charge in [0.1, 0.15) is 17.5 Å². The standard InChI is InChI=1S/C13H18N2O2/c1-8(14)15-11-9-6-4-5-7-10(9)17-13(2,3)12(11)16/h4-7,11-12,16H,1-3H3,(H2,14,15). The van der Waals surface area contributed by atoms with E-state index in [2.05, 4.69) is 5.32 Å². The number of hydrogen-bond acceptors (Lipinski definition) is 3. The Morgan fingerprint density at radius 1 is 1.41 bits per heavy atom. The summed E-state index contributed by atoms with van der Waals surface area (Å²) in [5.74, 6) is 1.10. The third kappa shape index (κ3) is 2.13. The highest BCUT2D eigenvalue weighted by atomic mass is 16.5. The molecule has 0 fully saturated rings. The van der Waals surface area contributed by atoms with E-state index in [1.165, 1.54) is 0 Å². The van der Waals surface area contributed by atoms with E-state index >= 15 is 0 Å². The molecule has 2 unspecified atom stereocenters. The number of para-hydroxylation sites is 1. The molecule has 17 heavy (non-hydrogen) atoms. The molecule has 2 atom stereocenters. The van der Waals surface area contributed by atoms with Crippen molar-refractivity contribution in [2.24, 2.45) is 0 Å². The van der Waals surface area contributed by atoms with Gasteiger partial charge in [-0.25, -0.2) is 0 Å². The molecular weight excluding hydrogens is 216 g/mol. The van der Waals surface area contributed by atoms with Crippen LogP contribution < -0.4 is 10.1 Å². The average Bonchev–Trinajstić information content (AvgIpc) is 2.24. The van der Waals surface area contributed by atoms with Crippen LogP contribution in [0.1, 0.15) is 32.4 Å². The molecule has 3 N–H and O–H groups in total. The Morgan fingerprint density at radius 2 is 2.06 bits per heavy atom. The van der Waals surface area contributed by atoms with E-state index in [0.717, 1.165) is 11.3 Å². The van der Waals surface area contributed by atoms with Crippen LogP contribution >= 0.6 is 0 Å². The zero-order valence-corrected chi connectivity index (χ0v) is 10.3. The Balaban J connectivity index is 2.44. The van der Waals surface area contributed by atoms with Crippen LogP contribution in [0.3, 0.4) is 0 Å². The van der Waals surface area contributed by atoms with Gasteiger partial charge in [0.15, 0.2) is 0 Å². The van der Waals surface area contributed by atoms with Gasteiger partial charge < -0.3 is 15.2 Å². The molecule has 1 heterocycles. The van der Waals surface area contributed by atoms with Crippen molar-refractivity contribution in [3.8, 4) is 5.75 Å². The molecule has 4 heteroatoms. The van der Waals surface area contributed by atoms with E-state index in [0.29, 0.717) is 5.84 Å². The fourth-order valence-electron chi connectivity index (χ4n) is 2.14. The predicted molar refractivity (Wildman–Crippen MR) is 66.4 cm³/mol. The molecule has 4 nitrogen and oxygen atoms in total. The quantitative estimate of drug-likeness (QED) is 0.513. The summed E-state index contributed by atoms with van der Waals surface area (Å²) in [6, 6.07) is 7.31. The van der Waals surface area contributed by atoms with Crippen molar-refractivity contribution < 1.29 is 9.84 Å². The third-order valence-corrected chi connectivity index (χ3v) is 3.03. The molecule has 0 radical (unpaired) electrons. The first-order valence-corrected chi connectivity index (χ1v) is 5.69. The lowest BCUT2D eigenvalue weighted by Crippen LogP contribution is -2.53. The van der Waals surface area contributed by atoms with Crippen LogP contribution in [0.15, 0.2) is 24.3 Å². The second kappa shape index (κ2) is 4.04. The van der Waals surface area contributed by atoms with Crippen LogP contribution in [-0.4, -0.2) is 22.6 Å². The number of benzene rings is 1. The molecule has 1 aliphatic rings. The van der Waals surface area contributed by atoms with Gasteiger partial charge in [0.05, 0.1) is 11.9 Å². The largest absolute Gasteiger partial charge is 0.485 e. The highest BCUT2D eigenvalue weighted by Gasteiger charge is 2.42. The number of fused-ring (bicyclic) bond motifs is 1. The van der Waals surface area contributed by atoms with Gasteiger partial charge in [0, 0.05) is 5.56 Å². The van der Waals surface area contributed by atoms with Gasteiger partial charge in [-0.05, 0) is 26.8 Å². The Bertz CT molecular complexity index is 443. The summed E-state index contributed by atoms with van der Waals surface area (Å²) < 4.78 is 5.78. The van der Waals surface area contributed by atoms with Crippen molar-refractivity contribution >= 4 is 5.84 Å². The summed E-state index contributed by atoms with van der Waals surface area (Å²) in [5.41, 5.74) is 0.229. The molecule has 0 saturated carbocycles. The number of nitrogens with one attached hydrogen (secondary N) is 2. The van der Waals surface area contributed by atoms with E-state index < -0.39 is 11.7 Å². The van der Waals surface area contributed by atoms with Crippen LogP contribution in [0.2, 0.25) is 0 Å². The molecule has 0 amide bonds. The minimum Gasteiger partial charge on any atom is -0.485 e. The number of aliphatic hydroxyl groups is 1. The highest BCUT2D eigenvalue weighted by Crippen LogP contribution is 2.39. The molecule has 0 aromatic heterocycles. The van der Waals surface area contributed by atoms with Crippen LogP contribution in [0, 0.1) is 5.41 Å². The van der Waals surface area contributed by atoms with E-state index in [1.807, 2.05) is 38.1 Å². The fourth-order valence-corrected chi connectivity index (χ4v) is 2.14. The summed E-state index contributed by atoms with van der Waals surface area (Å²) in [5, 5.41) is 20.8. The lowest BCUT2D eigenvalue weighted by atomic mass is 9.86. The molecule has 2 rings (SSSR count). The number of aliphatic hydroxyl groups excluding tert-OH is 1. The van der Waals surface area contributed by atoms with Crippen molar-refractivity contribution in [3.63, 3.8) is 0 Å². The van der Waals surface area contributed by atoms with Gasteiger partial charge >= 0.3 is 0 Å². The van der Waals surface area contributed by atoms with Crippen molar-refractivity contribution in [2.75, 3.05) is 0 Å². The van der Waals surface area contributed by atoms with Crippen molar-refractivity contribution in [1.29, 1.82) is 5.41 Å². The summed E-state index contributed by atoms with van der Waals surface area (Å²) in [6.07, 6.45) is -0.697. The van der Waals surface area contributed by atoms with Gasteiger partial charge in [-0.3, -0.25) is 5.41 Å². The first kappa shape index (κ1) is 11.9. The number of ether oxygens (including phenoxy) is 1. The van der Waals surface area contributed by atoms with Crippen molar-refractivity contribution in [2.45, 2.75) is 38.5 Å². The minimum atomic E-state index is -0.697. The number of rotatable bonds is 1. The highest BCUT2D eigenvalue weighted by molar-refractivity contribution is 5.76. The van der Waals surface area contributed by atoms with Gasteiger partial charge in [-0.2, -0.15) is 0 Å². The molecule has 0 saturated heterocycles. The Labute approximate surface area is 101 Å². The van der Waals surface area contributed by atoms with Gasteiger partial charge in [0.25, 0.3) is 0 Å². The lowest BCUT2D eigenvalue weighted by molar-refractivity contribution is -0.0610. The second-order valence-corrected chi connectivity index (χ2v) is 4.94. The Hall–Kier alpha value is -1.55. The summed E-state index contributed by atoms with van der Waals surface area (Å²) in [7, 11) is 0.